The van der Waals surface area contributed by atoms with E-state index in [0.717, 1.165) is 11.4 Å². The van der Waals surface area contributed by atoms with Crippen LogP contribution in [0, 0.1) is 10.1 Å². The van der Waals surface area contributed by atoms with Crippen molar-refractivity contribution in [2.24, 2.45) is 0 Å². The minimum atomic E-state index is -0.568. The Kier molecular flexibility index (Phi) is 7.90. The lowest BCUT2D eigenvalue weighted by atomic mass is 10.1. The highest BCUT2D eigenvalue weighted by atomic mass is 35.5. The van der Waals surface area contributed by atoms with Crippen LogP contribution in [0.5, 0.6) is 0 Å². The maximum Gasteiger partial charge on any atom is 0.271 e. The van der Waals surface area contributed by atoms with Crippen LogP contribution < -0.4 is 9.80 Å². The number of nitrogens with zero attached hydrogens (tertiary/aromatic N) is 5. The van der Waals surface area contributed by atoms with E-state index in [9.17, 15) is 19.7 Å². The molecule has 0 aliphatic carbocycles. The molecule has 0 aromatic heterocycles. The molecule has 2 saturated heterocycles. The Balaban J connectivity index is 1.28. The topological polar surface area (TPSA) is 90.2 Å². The molecular formula is C28H27Cl2N5O4. The lowest BCUT2D eigenvalue weighted by molar-refractivity contribution is -0.384. The molecule has 3 aromatic carbocycles. The van der Waals surface area contributed by atoms with Gasteiger partial charge < -0.3 is 19.6 Å². The summed E-state index contributed by atoms with van der Waals surface area (Å²) in [4.78, 5) is 45.5. The molecule has 0 bridgehead atoms. The molecule has 202 valence electrons. The van der Waals surface area contributed by atoms with Gasteiger partial charge in [-0.2, -0.15) is 0 Å². The van der Waals surface area contributed by atoms with Crippen molar-refractivity contribution in [1.29, 1.82) is 0 Å². The summed E-state index contributed by atoms with van der Waals surface area (Å²) < 4.78 is 0. The van der Waals surface area contributed by atoms with E-state index in [1.54, 1.807) is 9.80 Å². The second-order valence-corrected chi connectivity index (χ2v) is 10.4. The third kappa shape index (κ3) is 6.10. The van der Waals surface area contributed by atoms with Gasteiger partial charge in [-0.3, -0.25) is 19.7 Å². The van der Waals surface area contributed by atoms with Crippen LogP contribution >= 0.6 is 23.2 Å². The number of nitro groups is 1. The minimum absolute atomic E-state index is 0.140. The summed E-state index contributed by atoms with van der Waals surface area (Å²) in [6, 6.07) is 19.1. The summed E-state index contributed by atoms with van der Waals surface area (Å²) in [5.41, 5.74) is 1.96. The van der Waals surface area contributed by atoms with Crippen molar-refractivity contribution in [3.8, 4) is 0 Å². The van der Waals surface area contributed by atoms with Gasteiger partial charge in [0.1, 0.15) is 0 Å². The van der Waals surface area contributed by atoms with Crippen LogP contribution in [-0.4, -0.2) is 78.9 Å². The molecule has 2 heterocycles. The number of hydrogen-bond donors (Lipinski definition) is 0. The zero-order valence-electron chi connectivity index (χ0n) is 21.1. The normalized spacial score (nSPS) is 15.8. The van der Waals surface area contributed by atoms with E-state index in [1.165, 1.54) is 18.2 Å². The van der Waals surface area contributed by atoms with Gasteiger partial charge in [-0.15, -0.1) is 0 Å². The van der Waals surface area contributed by atoms with Gasteiger partial charge in [0, 0.05) is 97.0 Å². The van der Waals surface area contributed by atoms with Gasteiger partial charge in [-0.05, 0) is 42.5 Å². The highest BCUT2D eigenvalue weighted by molar-refractivity contribution is 6.31. The zero-order chi connectivity index (χ0) is 27.5. The highest BCUT2D eigenvalue weighted by Gasteiger charge is 2.28. The van der Waals surface area contributed by atoms with Crippen molar-refractivity contribution >= 4 is 52.1 Å². The van der Waals surface area contributed by atoms with Gasteiger partial charge in [0.25, 0.3) is 17.5 Å². The van der Waals surface area contributed by atoms with Gasteiger partial charge in [0.05, 0.1) is 4.92 Å². The standard InChI is InChI=1S/C28H27Cl2N5O4/c29-22-3-1-5-24(18-22)31-7-11-33(12-8-31)27(36)20-15-21(17-26(16-20)35(38)39)28(37)34-13-9-32(10-14-34)25-6-2-4-23(30)19-25/h1-6,15-19H,7-14H2. The number of nitro benzene ring substituents is 1. The Morgan fingerprint density at radius 1 is 0.641 bits per heavy atom. The number of hydrogen-bond acceptors (Lipinski definition) is 6. The molecule has 2 fully saturated rings. The summed E-state index contributed by atoms with van der Waals surface area (Å²) in [6.07, 6.45) is 0. The van der Waals surface area contributed by atoms with Crippen LogP contribution in [0.4, 0.5) is 17.1 Å². The number of carbonyl (C=O) groups is 2. The second kappa shape index (κ2) is 11.5. The van der Waals surface area contributed by atoms with Gasteiger partial charge in [0.2, 0.25) is 0 Å². The molecule has 3 aromatic rings. The summed E-state index contributed by atoms with van der Waals surface area (Å²) in [7, 11) is 0. The first kappa shape index (κ1) is 26.8. The number of carbonyl (C=O) groups excluding carboxylic acids is 2. The van der Waals surface area contributed by atoms with Crippen LogP contribution in [-0.2, 0) is 0 Å². The molecule has 0 unspecified atom stereocenters. The highest BCUT2D eigenvalue weighted by Crippen LogP contribution is 2.25. The van der Waals surface area contributed by atoms with Gasteiger partial charge in [-0.1, -0.05) is 35.3 Å². The molecule has 2 aliphatic heterocycles. The Labute approximate surface area is 236 Å². The SMILES string of the molecule is O=C(c1cc(C(=O)N2CCN(c3cccc(Cl)c3)CC2)cc([N+](=O)[O-])c1)N1CCN(c2cccc(Cl)c2)CC1. The molecule has 0 atom stereocenters. The Morgan fingerprint density at radius 2 is 1.05 bits per heavy atom. The van der Waals surface area contributed by atoms with E-state index >= 15 is 0 Å². The molecule has 11 heteroatoms. The summed E-state index contributed by atoms with van der Waals surface area (Å²) in [5.74, 6) is -0.659. The lowest BCUT2D eigenvalue weighted by Crippen LogP contribution is -2.49. The molecule has 39 heavy (non-hydrogen) atoms. The average molecular weight is 568 g/mol. The first-order valence-corrected chi connectivity index (χ1v) is 13.4. The van der Waals surface area contributed by atoms with Crippen molar-refractivity contribution in [3.05, 3.63) is 98.0 Å². The van der Waals surface area contributed by atoms with E-state index in [4.69, 9.17) is 23.2 Å². The molecule has 2 aliphatic rings. The van der Waals surface area contributed by atoms with Gasteiger partial charge in [-0.25, -0.2) is 0 Å². The number of rotatable bonds is 5. The fraction of sp³-hybridized carbons (Fsp3) is 0.286. The van der Waals surface area contributed by atoms with E-state index in [1.807, 2.05) is 48.5 Å². The minimum Gasteiger partial charge on any atom is -0.368 e. The van der Waals surface area contributed by atoms with E-state index in [0.29, 0.717) is 62.4 Å². The van der Waals surface area contributed by atoms with Crippen molar-refractivity contribution in [2.45, 2.75) is 0 Å². The zero-order valence-corrected chi connectivity index (χ0v) is 22.6. The predicted octanol–water partition coefficient (Wildman–Crippen LogP) is 4.83. The van der Waals surface area contributed by atoms with Gasteiger partial charge >= 0.3 is 0 Å². The van der Waals surface area contributed by atoms with E-state index in [-0.39, 0.29) is 28.6 Å². The first-order valence-electron chi connectivity index (χ1n) is 12.7. The Morgan fingerprint density at radius 3 is 1.41 bits per heavy atom. The summed E-state index contributed by atoms with van der Waals surface area (Å²) in [5, 5.41) is 13.0. The molecule has 9 nitrogen and oxygen atoms in total. The second-order valence-electron chi connectivity index (χ2n) is 9.54. The van der Waals surface area contributed by atoms with Crippen LogP contribution in [0.3, 0.4) is 0 Å². The quantitative estimate of drug-likeness (QED) is 0.324. The Hall–Kier alpha value is -3.82. The molecule has 5 rings (SSSR count). The molecule has 0 spiro atoms. The lowest BCUT2D eigenvalue weighted by Gasteiger charge is -2.36. The molecule has 2 amide bonds. The molecule has 0 N–H and O–H groups in total. The third-order valence-electron chi connectivity index (χ3n) is 7.10. The van der Waals surface area contributed by atoms with Crippen molar-refractivity contribution in [1.82, 2.24) is 9.80 Å². The van der Waals surface area contributed by atoms with Crippen LogP contribution in [0.15, 0.2) is 66.7 Å². The molecule has 0 radical (unpaired) electrons. The fourth-order valence-electron chi connectivity index (χ4n) is 5.01. The van der Waals surface area contributed by atoms with E-state index in [2.05, 4.69) is 9.80 Å². The third-order valence-corrected chi connectivity index (χ3v) is 7.57. The predicted molar refractivity (Wildman–Crippen MR) is 152 cm³/mol. The van der Waals surface area contributed by atoms with Crippen molar-refractivity contribution in [3.63, 3.8) is 0 Å². The Bertz CT molecular complexity index is 1310. The monoisotopic (exact) mass is 567 g/mol. The van der Waals surface area contributed by atoms with Crippen molar-refractivity contribution in [2.75, 3.05) is 62.2 Å². The average Bonchev–Trinajstić information content (AvgIpc) is 2.96. The number of halogens is 2. The summed E-state index contributed by atoms with van der Waals surface area (Å²) in [6.45, 7) is 4.19. The largest absolute Gasteiger partial charge is 0.368 e. The maximum absolute atomic E-state index is 13.4. The van der Waals surface area contributed by atoms with Crippen LogP contribution in [0.25, 0.3) is 0 Å². The smallest absolute Gasteiger partial charge is 0.271 e. The molecular weight excluding hydrogens is 541 g/mol. The van der Waals surface area contributed by atoms with E-state index < -0.39 is 4.92 Å². The number of piperazine rings is 2. The number of benzene rings is 3. The molecule has 0 saturated carbocycles. The number of amides is 2. The van der Waals surface area contributed by atoms with Crippen LogP contribution in [0.2, 0.25) is 10.0 Å². The first-order chi connectivity index (χ1) is 18.8. The van der Waals surface area contributed by atoms with Gasteiger partial charge in [0.15, 0.2) is 0 Å². The summed E-state index contributed by atoms with van der Waals surface area (Å²) >= 11 is 12.2. The number of anilines is 2. The van der Waals surface area contributed by atoms with Crippen molar-refractivity contribution < 1.29 is 14.5 Å². The number of non-ortho nitro benzene ring substituents is 1. The maximum atomic E-state index is 13.4. The van der Waals surface area contributed by atoms with Crippen LogP contribution in [0.1, 0.15) is 20.7 Å². The fourth-order valence-corrected chi connectivity index (χ4v) is 5.38.